The predicted octanol–water partition coefficient (Wildman–Crippen LogP) is 3.14. The maximum Gasteiger partial charge on any atom is 0.303 e. The summed E-state index contributed by atoms with van der Waals surface area (Å²) in [5, 5.41) is 13.4. The van der Waals surface area contributed by atoms with Crippen LogP contribution < -0.4 is 0 Å². The predicted molar refractivity (Wildman–Crippen MR) is 105 cm³/mol. The number of aryl methyl sites for hydroxylation is 1. The molecule has 1 aliphatic heterocycles. The van der Waals surface area contributed by atoms with Gasteiger partial charge in [0.1, 0.15) is 0 Å². The van der Waals surface area contributed by atoms with Gasteiger partial charge in [0.15, 0.2) is 0 Å². The zero-order chi connectivity index (χ0) is 19.6. The number of hydrogen-bond donors (Lipinski definition) is 1. The topological polar surface area (TPSA) is 75.4 Å². The number of carboxylic acids is 1. The summed E-state index contributed by atoms with van der Waals surface area (Å²) in [6, 6.07) is 12.2. The van der Waals surface area contributed by atoms with Crippen molar-refractivity contribution in [3.63, 3.8) is 0 Å². The molecule has 0 bridgehead atoms. The first-order valence-corrected chi connectivity index (χ1v) is 10.2. The monoisotopic (exact) mass is 381 g/mol. The lowest BCUT2D eigenvalue weighted by Crippen LogP contribution is -2.50. The second-order valence-corrected chi connectivity index (χ2v) is 7.98. The van der Waals surface area contributed by atoms with Crippen LogP contribution in [0.15, 0.2) is 36.4 Å². The lowest BCUT2D eigenvalue weighted by Gasteiger charge is -2.41. The molecule has 2 aromatic rings. The maximum absolute atomic E-state index is 13.7. The van der Waals surface area contributed by atoms with Crippen LogP contribution in [0.3, 0.4) is 0 Å². The zero-order valence-corrected chi connectivity index (χ0v) is 16.1. The lowest BCUT2D eigenvalue weighted by atomic mass is 9.68. The molecule has 2 aliphatic rings. The number of nitrogens with zero attached hydrogens (tertiary/aromatic N) is 3. The van der Waals surface area contributed by atoms with E-state index in [-0.39, 0.29) is 12.3 Å². The highest BCUT2D eigenvalue weighted by molar-refractivity contribution is 5.88. The van der Waals surface area contributed by atoms with E-state index >= 15 is 0 Å². The third kappa shape index (κ3) is 3.55. The van der Waals surface area contributed by atoms with Gasteiger partial charge in [-0.2, -0.15) is 5.10 Å². The van der Waals surface area contributed by atoms with Crippen molar-refractivity contribution < 1.29 is 14.7 Å². The fraction of sp³-hybridized carbons (Fsp3) is 0.500. The zero-order valence-electron chi connectivity index (χ0n) is 16.1. The van der Waals surface area contributed by atoms with E-state index < -0.39 is 11.4 Å². The summed E-state index contributed by atoms with van der Waals surface area (Å²) in [7, 11) is 0. The van der Waals surface area contributed by atoms with Gasteiger partial charge < -0.3 is 10.0 Å². The minimum atomic E-state index is -0.815. The molecule has 0 spiro atoms. The molecule has 1 fully saturated rings. The third-order valence-electron chi connectivity index (χ3n) is 6.17. The van der Waals surface area contributed by atoms with E-state index in [4.69, 9.17) is 5.11 Å². The molecular weight excluding hydrogens is 354 g/mol. The molecule has 148 valence electrons. The second kappa shape index (κ2) is 7.78. The molecular formula is C22H27N3O3. The number of hydrogen-bond acceptors (Lipinski definition) is 3. The number of benzene rings is 1. The number of carboxylic acid groups (broad SMARTS) is 1. The Morgan fingerprint density at radius 3 is 2.54 bits per heavy atom. The van der Waals surface area contributed by atoms with Crippen LogP contribution in [0.1, 0.15) is 55.5 Å². The summed E-state index contributed by atoms with van der Waals surface area (Å²) in [6.45, 7) is 1.87. The van der Waals surface area contributed by atoms with Crippen LogP contribution in [0.25, 0.3) is 0 Å². The van der Waals surface area contributed by atoms with Crippen molar-refractivity contribution >= 4 is 11.9 Å². The molecule has 0 saturated heterocycles. The summed E-state index contributed by atoms with van der Waals surface area (Å²) in [6.07, 6.45) is 5.71. The molecule has 28 heavy (non-hydrogen) atoms. The highest BCUT2D eigenvalue weighted by atomic mass is 16.4. The van der Waals surface area contributed by atoms with E-state index in [9.17, 15) is 9.59 Å². The van der Waals surface area contributed by atoms with Crippen molar-refractivity contribution in [2.45, 2.75) is 63.5 Å². The highest BCUT2D eigenvalue weighted by Gasteiger charge is 2.44. The van der Waals surface area contributed by atoms with Gasteiger partial charge in [-0.25, -0.2) is 0 Å². The van der Waals surface area contributed by atoms with Gasteiger partial charge in [0.05, 0.1) is 36.3 Å². The first-order valence-electron chi connectivity index (χ1n) is 10.2. The van der Waals surface area contributed by atoms with E-state index in [0.717, 1.165) is 42.6 Å². The van der Waals surface area contributed by atoms with Crippen molar-refractivity contribution in [3.05, 3.63) is 53.3 Å². The first-order chi connectivity index (χ1) is 13.6. The van der Waals surface area contributed by atoms with Crippen molar-refractivity contribution in [3.8, 4) is 0 Å². The number of rotatable bonds is 5. The molecule has 6 nitrogen and oxygen atoms in total. The second-order valence-electron chi connectivity index (χ2n) is 7.98. The van der Waals surface area contributed by atoms with Crippen LogP contribution in [0.5, 0.6) is 0 Å². The molecule has 1 amide bonds. The molecule has 2 heterocycles. The number of fused-ring (bicyclic) bond motifs is 1. The number of aliphatic carboxylic acids is 1. The average Bonchev–Trinajstić information content (AvgIpc) is 3.15. The van der Waals surface area contributed by atoms with Crippen LogP contribution in [-0.2, 0) is 34.5 Å². The number of amides is 1. The van der Waals surface area contributed by atoms with Gasteiger partial charge in [-0.1, -0.05) is 49.6 Å². The van der Waals surface area contributed by atoms with Gasteiger partial charge in [-0.15, -0.1) is 0 Å². The summed E-state index contributed by atoms with van der Waals surface area (Å²) < 4.78 is 1.93. The van der Waals surface area contributed by atoms with E-state index in [1.54, 1.807) is 0 Å². The van der Waals surface area contributed by atoms with Crippen molar-refractivity contribution in [2.75, 3.05) is 6.54 Å². The summed E-state index contributed by atoms with van der Waals surface area (Å²) in [4.78, 5) is 26.5. The maximum atomic E-state index is 13.7. The Kier molecular flexibility index (Phi) is 5.20. The Labute approximate surface area is 165 Å². The number of aromatic nitrogens is 2. The molecule has 0 unspecified atom stereocenters. The van der Waals surface area contributed by atoms with Gasteiger partial charge in [0.2, 0.25) is 5.91 Å². The standard InChI is InChI=1S/C22H27N3O3/c26-20(27)10-9-18-15-19-16-24(13-14-25(19)23-18)21(28)22(11-5-2-6-12-22)17-7-3-1-4-8-17/h1,3-4,7-8,15H,2,5-6,9-14,16H2,(H,26,27). The largest absolute Gasteiger partial charge is 0.481 e. The molecule has 0 atom stereocenters. The molecule has 1 N–H and O–H groups in total. The molecule has 4 rings (SSSR count). The molecule has 1 saturated carbocycles. The molecule has 0 radical (unpaired) electrons. The van der Waals surface area contributed by atoms with E-state index in [0.29, 0.717) is 26.1 Å². The summed E-state index contributed by atoms with van der Waals surface area (Å²) in [5.41, 5.74) is 2.52. The SMILES string of the molecule is O=C(O)CCc1cc2n(n1)CCN(C(=O)C1(c3ccccc3)CCCCC1)C2. The van der Waals surface area contributed by atoms with Crippen LogP contribution in [0, 0.1) is 0 Å². The molecule has 6 heteroatoms. The Bertz CT molecular complexity index is 853. The van der Waals surface area contributed by atoms with Gasteiger partial charge in [-0.05, 0) is 24.5 Å². The number of carbonyl (C=O) groups is 2. The fourth-order valence-electron chi connectivity index (χ4n) is 4.70. The van der Waals surface area contributed by atoms with Crippen molar-refractivity contribution in [1.29, 1.82) is 0 Å². The smallest absolute Gasteiger partial charge is 0.303 e. The molecule has 1 aliphatic carbocycles. The number of carbonyl (C=O) groups excluding carboxylic acids is 1. The van der Waals surface area contributed by atoms with Gasteiger partial charge in [0.25, 0.3) is 0 Å². The van der Waals surface area contributed by atoms with E-state index in [2.05, 4.69) is 17.2 Å². The van der Waals surface area contributed by atoms with Gasteiger partial charge in [0, 0.05) is 13.0 Å². The minimum Gasteiger partial charge on any atom is -0.481 e. The Morgan fingerprint density at radius 2 is 1.82 bits per heavy atom. The normalized spacial score (nSPS) is 18.5. The lowest BCUT2D eigenvalue weighted by molar-refractivity contribution is -0.140. The fourth-order valence-corrected chi connectivity index (χ4v) is 4.70. The van der Waals surface area contributed by atoms with Crippen molar-refractivity contribution in [1.82, 2.24) is 14.7 Å². The van der Waals surface area contributed by atoms with Gasteiger partial charge in [-0.3, -0.25) is 14.3 Å². The molecule has 1 aromatic heterocycles. The van der Waals surface area contributed by atoms with Crippen LogP contribution in [-0.4, -0.2) is 38.2 Å². The summed E-state index contributed by atoms with van der Waals surface area (Å²) >= 11 is 0. The third-order valence-corrected chi connectivity index (χ3v) is 6.17. The average molecular weight is 381 g/mol. The Balaban J connectivity index is 1.55. The molecule has 1 aromatic carbocycles. The first kappa shape index (κ1) is 18.7. The van der Waals surface area contributed by atoms with Gasteiger partial charge >= 0.3 is 5.97 Å². The van der Waals surface area contributed by atoms with E-state index in [1.807, 2.05) is 33.8 Å². The van der Waals surface area contributed by atoms with Crippen LogP contribution in [0.2, 0.25) is 0 Å². The van der Waals surface area contributed by atoms with Crippen LogP contribution in [0.4, 0.5) is 0 Å². The summed E-state index contributed by atoms with van der Waals surface area (Å²) in [5.74, 6) is -0.581. The highest BCUT2D eigenvalue weighted by Crippen LogP contribution is 2.41. The Hall–Kier alpha value is -2.63. The quantitative estimate of drug-likeness (QED) is 0.863. The van der Waals surface area contributed by atoms with Crippen molar-refractivity contribution in [2.24, 2.45) is 0 Å². The Morgan fingerprint density at radius 1 is 1.07 bits per heavy atom. The van der Waals surface area contributed by atoms with Crippen LogP contribution >= 0.6 is 0 Å². The van der Waals surface area contributed by atoms with E-state index in [1.165, 1.54) is 6.42 Å². The minimum absolute atomic E-state index is 0.0796.